The molecule has 0 saturated carbocycles. The van der Waals surface area contributed by atoms with Gasteiger partial charge in [-0.3, -0.25) is 4.79 Å². The van der Waals surface area contributed by atoms with Crippen molar-refractivity contribution in [1.82, 2.24) is 9.97 Å². The number of halogens is 5. The molecule has 1 aromatic heterocycles. The second kappa shape index (κ2) is 13.0. The van der Waals surface area contributed by atoms with Gasteiger partial charge in [-0.1, -0.05) is 29.8 Å². The molecule has 1 aliphatic heterocycles. The Morgan fingerprint density at radius 3 is 2.62 bits per heavy atom. The zero-order valence-electron chi connectivity index (χ0n) is 20.8. The minimum Gasteiger partial charge on any atom is -0.480 e. The molecular formula is C26H29Cl2F3N4O4. The van der Waals surface area contributed by atoms with Crippen LogP contribution in [0.1, 0.15) is 55.0 Å². The minimum absolute atomic E-state index is 0. The number of carboxylic acids is 1. The predicted octanol–water partition coefficient (Wildman–Crippen LogP) is 5.61. The highest BCUT2D eigenvalue weighted by Crippen LogP contribution is 2.41. The second-order valence-corrected chi connectivity index (χ2v) is 9.78. The summed E-state index contributed by atoms with van der Waals surface area (Å²) in [7, 11) is 0. The van der Waals surface area contributed by atoms with Crippen LogP contribution in [0.15, 0.2) is 36.4 Å². The van der Waals surface area contributed by atoms with Gasteiger partial charge in [0.1, 0.15) is 6.04 Å². The van der Waals surface area contributed by atoms with Crippen LogP contribution in [0, 0.1) is 5.92 Å². The molecule has 1 aliphatic carbocycles. The normalized spacial score (nSPS) is 19.3. The number of benzene rings is 1. The number of anilines is 1. The monoisotopic (exact) mass is 588 g/mol. The number of rotatable bonds is 8. The van der Waals surface area contributed by atoms with E-state index in [2.05, 4.69) is 9.97 Å². The first-order chi connectivity index (χ1) is 18.0. The number of nitrogens with zero attached hydrogens (tertiary/aromatic N) is 2. The van der Waals surface area contributed by atoms with Crippen molar-refractivity contribution in [3.63, 3.8) is 0 Å². The maximum atomic E-state index is 14.4. The average Bonchev–Trinajstić information content (AvgIpc) is 2.87. The van der Waals surface area contributed by atoms with Crippen molar-refractivity contribution in [3.05, 3.63) is 58.3 Å². The molecular weight excluding hydrogens is 560 g/mol. The van der Waals surface area contributed by atoms with Gasteiger partial charge in [-0.25, -0.2) is 4.98 Å². The number of alkyl halides is 3. The molecule has 0 bridgehead atoms. The Hall–Kier alpha value is -2.86. The quantitative estimate of drug-likeness (QED) is 0.362. The van der Waals surface area contributed by atoms with Crippen LogP contribution < -0.4 is 16.2 Å². The van der Waals surface area contributed by atoms with Crippen molar-refractivity contribution in [2.24, 2.45) is 11.7 Å². The molecule has 212 valence electrons. The molecule has 4 rings (SSSR count). The van der Waals surface area contributed by atoms with Crippen molar-refractivity contribution in [2.75, 3.05) is 18.9 Å². The SMILES string of the molecule is Cl.Nc1nc(OC(c2ccc(Cl)cc2C2=CCCOC2)C(F)(F)F)cc(C2=CC[C@@H](CC(N)C(=O)O)CC2)n1. The molecule has 39 heavy (non-hydrogen) atoms. The number of nitrogen functional groups attached to an aromatic ring is 1. The Morgan fingerprint density at radius 2 is 2.00 bits per heavy atom. The Kier molecular flexibility index (Phi) is 10.2. The van der Waals surface area contributed by atoms with E-state index in [1.165, 1.54) is 24.3 Å². The van der Waals surface area contributed by atoms with E-state index in [-0.39, 0.29) is 47.3 Å². The summed E-state index contributed by atoms with van der Waals surface area (Å²) in [6.45, 7) is 0.652. The number of carboxylic acid groups (broad SMARTS) is 1. The lowest BCUT2D eigenvalue weighted by atomic mass is 9.84. The highest BCUT2D eigenvalue weighted by atomic mass is 35.5. The summed E-state index contributed by atoms with van der Waals surface area (Å²) in [6, 6.07) is 4.54. The van der Waals surface area contributed by atoms with Gasteiger partial charge < -0.3 is 26.0 Å². The molecule has 0 fully saturated rings. The first-order valence-corrected chi connectivity index (χ1v) is 12.5. The fraction of sp³-hybridized carbons (Fsp3) is 0.423. The number of allylic oxidation sites excluding steroid dienone is 2. The second-order valence-electron chi connectivity index (χ2n) is 9.34. The van der Waals surface area contributed by atoms with E-state index in [1.54, 1.807) is 0 Å². The van der Waals surface area contributed by atoms with Gasteiger partial charge in [0.15, 0.2) is 0 Å². The molecule has 2 heterocycles. The molecule has 2 aliphatic rings. The highest BCUT2D eigenvalue weighted by molar-refractivity contribution is 6.30. The van der Waals surface area contributed by atoms with Crippen LogP contribution in [-0.2, 0) is 9.53 Å². The minimum atomic E-state index is -4.78. The summed E-state index contributed by atoms with van der Waals surface area (Å²) >= 11 is 6.13. The number of hydrogen-bond acceptors (Lipinski definition) is 7. The number of nitrogens with two attached hydrogens (primary N) is 2. The van der Waals surface area contributed by atoms with Crippen LogP contribution in [-0.4, -0.2) is 46.5 Å². The summed E-state index contributed by atoms with van der Waals surface area (Å²) in [5.74, 6) is -1.52. The number of aromatic nitrogens is 2. The number of ether oxygens (including phenoxy) is 2. The van der Waals surface area contributed by atoms with E-state index in [9.17, 15) is 18.0 Å². The molecule has 13 heteroatoms. The van der Waals surface area contributed by atoms with Gasteiger partial charge >= 0.3 is 12.1 Å². The van der Waals surface area contributed by atoms with Crippen molar-refractivity contribution in [1.29, 1.82) is 0 Å². The zero-order chi connectivity index (χ0) is 27.4. The van der Waals surface area contributed by atoms with Gasteiger partial charge in [0.25, 0.3) is 0 Å². The number of hydrogen-bond donors (Lipinski definition) is 3. The lowest BCUT2D eigenvalue weighted by Gasteiger charge is -2.26. The summed E-state index contributed by atoms with van der Waals surface area (Å²) in [5, 5.41) is 9.33. The van der Waals surface area contributed by atoms with Gasteiger partial charge in [-0.05, 0) is 66.9 Å². The van der Waals surface area contributed by atoms with E-state index >= 15 is 0 Å². The molecule has 3 atom stereocenters. The van der Waals surface area contributed by atoms with Gasteiger partial charge in [0, 0.05) is 16.7 Å². The molecule has 2 unspecified atom stereocenters. The van der Waals surface area contributed by atoms with E-state index in [4.69, 9.17) is 37.6 Å². The van der Waals surface area contributed by atoms with Crippen LogP contribution in [0.3, 0.4) is 0 Å². The molecule has 0 spiro atoms. The summed E-state index contributed by atoms with van der Waals surface area (Å²) in [6.07, 6.45) is -0.760. The molecule has 5 N–H and O–H groups in total. The van der Waals surface area contributed by atoms with E-state index in [0.29, 0.717) is 55.5 Å². The molecule has 0 saturated heterocycles. The molecule has 8 nitrogen and oxygen atoms in total. The van der Waals surface area contributed by atoms with Crippen molar-refractivity contribution in [3.8, 4) is 5.88 Å². The smallest absolute Gasteiger partial charge is 0.429 e. The Morgan fingerprint density at radius 1 is 1.23 bits per heavy atom. The third-order valence-corrected chi connectivity index (χ3v) is 6.80. The first-order valence-electron chi connectivity index (χ1n) is 12.1. The molecule has 1 aromatic carbocycles. The molecule has 0 radical (unpaired) electrons. The summed E-state index contributed by atoms with van der Waals surface area (Å²) in [4.78, 5) is 19.1. The van der Waals surface area contributed by atoms with Gasteiger partial charge in [-0.2, -0.15) is 18.2 Å². The van der Waals surface area contributed by atoms with E-state index < -0.39 is 24.3 Å². The predicted molar refractivity (Wildman–Crippen MR) is 144 cm³/mol. The van der Waals surface area contributed by atoms with Crippen molar-refractivity contribution in [2.45, 2.75) is 50.4 Å². The first kappa shape index (κ1) is 30.7. The lowest BCUT2D eigenvalue weighted by molar-refractivity contribution is -0.198. The Bertz CT molecular complexity index is 1260. The lowest BCUT2D eigenvalue weighted by Crippen LogP contribution is -2.32. The number of carbonyl (C=O) groups is 1. The van der Waals surface area contributed by atoms with E-state index in [0.717, 1.165) is 5.57 Å². The average molecular weight is 589 g/mol. The van der Waals surface area contributed by atoms with Crippen LogP contribution in [0.4, 0.5) is 19.1 Å². The van der Waals surface area contributed by atoms with Crippen molar-refractivity contribution < 1.29 is 32.5 Å². The third kappa shape index (κ3) is 7.84. The molecule has 0 amide bonds. The number of aliphatic carboxylic acids is 1. The van der Waals surface area contributed by atoms with E-state index in [1.807, 2.05) is 12.2 Å². The fourth-order valence-electron chi connectivity index (χ4n) is 4.67. The van der Waals surface area contributed by atoms with Crippen LogP contribution in [0.5, 0.6) is 5.88 Å². The topological polar surface area (TPSA) is 134 Å². The maximum Gasteiger partial charge on any atom is 0.429 e. The summed E-state index contributed by atoms with van der Waals surface area (Å²) < 4.78 is 54.0. The summed E-state index contributed by atoms with van der Waals surface area (Å²) in [5.41, 5.74) is 13.4. The van der Waals surface area contributed by atoms with Crippen LogP contribution in [0.2, 0.25) is 5.02 Å². The van der Waals surface area contributed by atoms with Gasteiger partial charge in [0.2, 0.25) is 17.9 Å². The van der Waals surface area contributed by atoms with Gasteiger partial charge in [0.05, 0.1) is 18.9 Å². The molecule has 2 aromatic rings. The Labute approximate surface area is 234 Å². The highest BCUT2D eigenvalue weighted by Gasteiger charge is 2.45. The third-order valence-electron chi connectivity index (χ3n) is 6.56. The fourth-order valence-corrected chi connectivity index (χ4v) is 4.84. The zero-order valence-corrected chi connectivity index (χ0v) is 22.4. The van der Waals surface area contributed by atoms with Crippen LogP contribution >= 0.6 is 24.0 Å². The van der Waals surface area contributed by atoms with Crippen molar-refractivity contribution >= 4 is 47.1 Å². The Balaban J connectivity index is 0.00000420. The van der Waals surface area contributed by atoms with Crippen LogP contribution in [0.25, 0.3) is 11.1 Å². The standard InChI is InChI=1S/C26H28ClF3N4O4.ClH/c27-17-7-8-18(19(11-17)16-2-1-9-37-13-16)23(26(28,29)30)38-22-12-21(33-25(32)34-22)15-5-3-14(4-6-15)10-20(31)24(35)36;/h2,5,7-8,11-12,14,20,23H,1,3-4,6,9-10,13,31H2,(H,35,36)(H2,32,33,34);1H/t14-,20?,23?;/m1./s1. The van der Waals surface area contributed by atoms with Gasteiger partial charge in [-0.15, -0.1) is 12.4 Å². The largest absolute Gasteiger partial charge is 0.480 e. The maximum absolute atomic E-state index is 14.4.